The minimum atomic E-state index is -3.68. The van der Waals surface area contributed by atoms with Gasteiger partial charge in [0, 0.05) is 13.1 Å². The Morgan fingerprint density at radius 2 is 2.12 bits per heavy atom. The molecule has 2 heterocycles. The smallest absolute Gasteiger partial charge is 0.309 e. The van der Waals surface area contributed by atoms with Gasteiger partial charge < -0.3 is 15.4 Å². The molecule has 1 fully saturated rings. The molecule has 2 rings (SSSR count). The molecule has 1 aromatic rings. The predicted octanol–water partition coefficient (Wildman–Crippen LogP) is 0.128. The van der Waals surface area contributed by atoms with Crippen LogP contribution in [0.25, 0.3) is 0 Å². The van der Waals surface area contributed by atoms with E-state index in [1.807, 2.05) is 6.92 Å². The van der Waals surface area contributed by atoms with Crippen molar-refractivity contribution in [2.24, 2.45) is 0 Å². The number of nitrogens with zero attached hydrogens (tertiary/aromatic N) is 1. The van der Waals surface area contributed by atoms with Crippen molar-refractivity contribution in [2.45, 2.75) is 30.2 Å². The number of sulfonamides is 1. The molecule has 1 aliphatic rings. The van der Waals surface area contributed by atoms with Crippen LogP contribution in [0, 0.1) is 0 Å². The molecule has 24 heavy (non-hydrogen) atoms. The van der Waals surface area contributed by atoms with E-state index in [0.29, 0.717) is 26.1 Å². The van der Waals surface area contributed by atoms with Crippen molar-refractivity contribution in [2.75, 3.05) is 26.2 Å². The summed E-state index contributed by atoms with van der Waals surface area (Å²) in [6.07, 6.45) is 0.470. The first kappa shape index (κ1) is 18.8. The molecule has 0 saturated carbocycles. The van der Waals surface area contributed by atoms with Gasteiger partial charge in [-0.3, -0.25) is 9.59 Å². The van der Waals surface area contributed by atoms with Gasteiger partial charge in [-0.2, -0.15) is 4.31 Å². The highest BCUT2D eigenvalue weighted by molar-refractivity contribution is 7.91. The summed E-state index contributed by atoms with van der Waals surface area (Å²) in [6, 6.07) is 3.19. The third kappa shape index (κ3) is 4.53. The van der Waals surface area contributed by atoms with Crippen LogP contribution in [0.3, 0.4) is 0 Å². The second-order valence-corrected chi connectivity index (χ2v) is 8.26. The lowest BCUT2D eigenvalue weighted by Crippen LogP contribution is -2.53. The molecular formula is C14H21N3O5S2. The lowest BCUT2D eigenvalue weighted by atomic mass is 10.3. The van der Waals surface area contributed by atoms with E-state index in [1.54, 1.807) is 11.4 Å². The standard InChI is InChI=1S/C14H21N3O5S2/c1-2-6-15-13(18)14(19)16-10-11-17(7-4-8-22-11)24(20,21)12-5-3-9-23-12/h3,5,9,11H,2,4,6-8,10H2,1H3,(H,15,18)(H,16,19)/t11-/m1/s1. The van der Waals surface area contributed by atoms with Gasteiger partial charge in [-0.15, -0.1) is 11.3 Å². The number of carbonyl (C=O) groups excluding carboxylic acids is 2. The van der Waals surface area contributed by atoms with Crippen LogP contribution in [0.15, 0.2) is 21.7 Å². The van der Waals surface area contributed by atoms with Crippen LogP contribution in [0.4, 0.5) is 0 Å². The first-order valence-corrected chi connectivity index (χ1v) is 10.0. The summed E-state index contributed by atoms with van der Waals surface area (Å²) in [5, 5.41) is 6.58. The van der Waals surface area contributed by atoms with Gasteiger partial charge in [0.1, 0.15) is 10.4 Å². The number of amides is 2. The molecule has 8 nitrogen and oxygen atoms in total. The zero-order chi connectivity index (χ0) is 17.6. The fourth-order valence-electron chi connectivity index (χ4n) is 2.21. The van der Waals surface area contributed by atoms with Gasteiger partial charge >= 0.3 is 11.8 Å². The minimum Gasteiger partial charge on any atom is -0.360 e. The first-order chi connectivity index (χ1) is 11.5. The van der Waals surface area contributed by atoms with Crippen molar-refractivity contribution < 1.29 is 22.7 Å². The van der Waals surface area contributed by atoms with Gasteiger partial charge in [0.15, 0.2) is 0 Å². The zero-order valence-electron chi connectivity index (χ0n) is 13.4. The van der Waals surface area contributed by atoms with E-state index < -0.39 is 28.1 Å². The molecule has 1 saturated heterocycles. The zero-order valence-corrected chi connectivity index (χ0v) is 15.0. The van der Waals surface area contributed by atoms with Gasteiger partial charge in [-0.1, -0.05) is 13.0 Å². The molecule has 0 aliphatic carbocycles. The van der Waals surface area contributed by atoms with Crippen molar-refractivity contribution in [1.29, 1.82) is 0 Å². The van der Waals surface area contributed by atoms with E-state index in [4.69, 9.17) is 4.74 Å². The summed E-state index contributed by atoms with van der Waals surface area (Å²) in [6.45, 7) is 2.91. The molecule has 0 spiro atoms. The van der Waals surface area contributed by atoms with Crippen molar-refractivity contribution >= 4 is 33.2 Å². The summed E-state index contributed by atoms with van der Waals surface area (Å²) in [5.41, 5.74) is 0. The summed E-state index contributed by atoms with van der Waals surface area (Å²) in [4.78, 5) is 23.3. The number of thiophene rings is 1. The Bertz CT molecular complexity index is 660. The second-order valence-electron chi connectivity index (χ2n) is 5.19. The van der Waals surface area contributed by atoms with E-state index in [0.717, 1.165) is 17.8 Å². The normalized spacial score (nSPS) is 19.0. The van der Waals surface area contributed by atoms with Crippen molar-refractivity contribution in [1.82, 2.24) is 14.9 Å². The van der Waals surface area contributed by atoms with Crippen LogP contribution in [-0.4, -0.2) is 57.0 Å². The predicted molar refractivity (Wildman–Crippen MR) is 88.9 cm³/mol. The third-order valence-electron chi connectivity index (χ3n) is 3.39. The Kier molecular flexibility index (Phi) is 6.72. The monoisotopic (exact) mass is 375 g/mol. The van der Waals surface area contributed by atoms with Crippen molar-refractivity contribution in [3.05, 3.63) is 17.5 Å². The molecule has 2 N–H and O–H groups in total. The number of rotatable bonds is 6. The highest BCUT2D eigenvalue weighted by Gasteiger charge is 2.35. The lowest BCUT2D eigenvalue weighted by Gasteiger charge is -2.34. The average Bonchev–Trinajstić information content (AvgIpc) is 3.13. The van der Waals surface area contributed by atoms with Gasteiger partial charge in [0.2, 0.25) is 0 Å². The Morgan fingerprint density at radius 3 is 2.79 bits per heavy atom. The quantitative estimate of drug-likeness (QED) is 0.688. The third-order valence-corrected chi connectivity index (χ3v) is 6.65. The molecule has 1 atom stereocenters. The second kappa shape index (κ2) is 8.56. The van der Waals surface area contributed by atoms with Gasteiger partial charge in [-0.25, -0.2) is 8.42 Å². The van der Waals surface area contributed by atoms with E-state index in [1.165, 1.54) is 10.4 Å². The maximum atomic E-state index is 12.6. The largest absolute Gasteiger partial charge is 0.360 e. The number of carbonyl (C=O) groups is 2. The maximum absolute atomic E-state index is 12.6. The molecular weight excluding hydrogens is 354 g/mol. The molecule has 134 valence electrons. The Balaban J connectivity index is 2.00. The number of nitrogens with one attached hydrogen (secondary N) is 2. The first-order valence-electron chi connectivity index (χ1n) is 7.69. The molecule has 1 aliphatic heterocycles. The topological polar surface area (TPSA) is 105 Å². The summed E-state index contributed by atoms with van der Waals surface area (Å²) in [7, 11) is -3.68. The van der Waals surface area contributed by atoms with Crippen molar-refractivity contribution in [3.8, 4) is 0 Å². The lowest BCUT2D eigenvalue weighted by molar-refractivity contribution is -0.140. The van der Waals surface area contributed by atoms with Gasteiger partial charge in [-0.05, 0) is 24.3 Å². The molecule has 1 aromatic heterocycles. The van der Waals surface area contributed by atoms with Gasteiger partial charge in [0.05, 0.1) is 13.2 Å². The Hall–Kier alpha value is -1.49. The number of hydrogen-bond acceptors (Lipinski definition) is 6. The van der Waals surface area contributed by atoms with E-state index in [-0.39, 0.29) is 10.8 Å². The molecule has 0 unspecified atom stereocenters. The van der Waals surface area contributed by atoms with Crippen LogP contribution in [0.2, 0.25) is 0 Å². The summed E-state index contributed by atoms with van der Waals surface area (Å²) < 4.78 is 32.2. The number of ether oxygens (including phenoxy) is 1. The van der Waals surface area contributed by atoms with Crippen LogP contribution in [0.5, 0.6) is 0 Å². The molecule has 2 amide bonds. The van der Waals surface area contributed by atoms with Crippen LogP contribution in [-0.2, 0) is 24.3 Å². The van der Waals surface area contributed by atoms with E-state index in [2.05, 4.69) is 10.6 Å². The van der Waals surface area contributed by atoms with E-state index >= 15 is 0 Å². The Morgan fingerprint density at radius 1 is 1.38 bits per heavy atom. The molecule has 0 aromatic carbocycles. The fourth-order valence-corrected chi connectivity index (χ4v) is 4.89. The molecule has 0 radical (unpaired) electrons. The highest BCUT2D eigenvalue weighted by Crippen LogP contribution is 2.25. The average molecular weight is 375 g/mol. The molecule has 0 bridgehead atoms. The summed E-state index contributed by atoms with van der Waals surface area (Å²) in [5.74, 6) is -1.54. The molecule has 10 heteroatoms. The fraction of sp³-hybridized carbons (Fsp3) is 0.571. The number of hydrogen-bond donors (Lipinski definition) is 2. The SMILES string of the molecule is CCCNC(=O)C(=O)NC[C@H]1OCCCN1S(=O)(=O)c1cccs1. The summed E-state index contributed by atoms with van der Waals surface area (Å²) >= 11 is 1.13. The minimum absolute atomic E-state index is 0.0804. The highest BCUT2D eigenvalue weighted by atomic mass is 32.2. The van der Waals surface area contributed by atoms with Crippen LogP contribution in [0.1, 0.15) is 19.8 Å². The maximum Gasteiger partial charge on any atom is 0.309 e. The van der Waals surface area contributed by atoms with Crippen molar-refractivity contribution in [3.63, 3.8) is 0 Å². The van der Waals surface area contributed by atoms with E-state index in [9.17, 15) is 18.0 Å². The van der Waals surface area contributed by atoms with Crippen LogP contribution >= 0.6 is 11.3 Å². The van der Waals surface area contributed by atoms with Gasteiger partial charge in [0.25, 0.3) is 10.0 Å². The van der Waals surface area contributed by atoms with Crippen LogP contribution < -0.4 is 10.6 Å². The Labute approximate surface area is 145 Å².